The number of esters is 1. The van der Waals surface area contributed by atoms with Crippen LogP contribution in [0.15, 0.2) is 29.2 Å². The predicted molar refractivity (Wildman–Crippen MR) is 58.2 cm³/mol. The number of hydrogen-bond acceptors (Lipinski definition) is 4. The lowest BCUT2D eigenvalue weighted by atomic mass is 10.3. The van der Waals surface area contributed by atoms with Crippen LogP contribution in [-0.4, -0.2) is 24.9 Å². The van der Waals surface area contributed by atoms with E-state index in [0.717, 1.165) is 10.6 Å². The van der Waals surface area contributed by atoms with Gasteiger partial charge in [-0.15, -0.1) is 11.8 Å². The zero-order valence-electron chi connectivity index (χ0n) is 8.43. The molecule has 0 radical (unpaired) electrons. The summed E-state index contributed by atoms with van der Waals surface area (Å²) < 4.78 is 10.5. The molecule has 0 spiro atoms. The van der Waals surface area contributed by atoms with Crippen molar-refractivity contribution in [2.24, 2.45) is 0 Å². The molecule has 80 valence electrons. The summed E-state index contributed by atoms with van der Waals surface area (Å²) in [5.74, 6) is 0.500. The van der Waals surface area contributed by atoms with Crippen molar-refractivity contribution < 1.29 is 14.3 Å². The molecule has 4 heteroatoms. The maximum atomic E-state index is 11.2. The van der Waals surface area contributed by atoms with Crippen molar-refractivity contribution >= 4 is 17.7 Å². The number of hydrogen-bond donors (Lipinski definition) is 0. The minimum Gasteiger partial charge on any atom is -0.477 e. The van der Waals surface area contributed by atoms with Crippen LogP contribution in [0.5, 0.6) is 5.75 Å². The third kappa shape index (κ3) is 2.26. The van der Waals surface area contributed by atoms with Crippen molar-refractivity contribution in [1.29, 1.82) is 0 Å². The Morgan fingerprint density at radius 3 is 2.93 bits per heavy atom. The number of benzene rings is 1. The highest BCUT2D eigenvalue weighted by Crippen LogP contribution is 2.29. The first-order chi connectivity index (χ1) is 7.31. The lowest BCUT2D eigenvalue weighted by Crippen LogP contribution is -2.21. The Kier molecular flexibility index (Phi) is 3.16. The van der Waals surface area contributed by atoms with Gasteiger partial charge in [-0.25, -0.2) is 4.79 Å². The first kappa shape index (κ1) is 10.4. The van der Waals surface area contributed by atoms with Crippen molar-refractivity contribution in [1.82, 2.24) is 0 Å². The Labute approximate surface area is 92.8 Å². The molecule has 15 heavy (non-hydrogen) atoms. The summed E-state index contributed by atoms with van der Waals surface area (Å²) in [7, 11) is 0. The zero-order valence-corrected chi connectivity index (χ0v) is 9.25. The number of para-hydroxylation sites is 1. The van der Waals surface area contributed by atoms with E-state index < -0.39 is 6.10 Å². The molecule has 1 aromatic rings. The standard InChI is InChI=1S/C11H12O3S/c1-15-10-5-3-2-4-8(10)14-9-6-7-13-11(9)12/h2-5,9H,6-7H2,1H3/t9-/m0/s1. The largest absolute Gasteiger partial charge is 0.477 e. The minimum atomic E-state index is -0.432. The van der Waals surface area contributed by atoms with Crippen LogP contribution in [0.3, 0.4) is 0 Å². The van der Waals surface area contributed by atoms with E-state index in [1.165, 1.54) is 0 Å². The Balaban J connectivity index is 2.12. The molecule has 1 aliphatic rings. The molecule has 0 bridgehead atoms. The van der Waals surface area contributed by atoms with Crippen LogP contribution in [0.1, 0.15) is 6.42 Å². The first-order valence-electron chi connectivity index (χ1n) is 4.77. The Morgan fingerprint density at radius 1 is 1.47 bits per heavy atom. The van der Waals surface area contributed by atoms with Crippen molar-refractivity contribution in [2.45, 2.75) is 17.4 Å². The molecule has 1 aromatic carbocycles. The smallest absolute Gasteiger partial charge is 0.347 e. The van der Waals surface area contributed by atoms with E-state index in [1.54, 1.807) is 11.8 Å². The highest BCUT2D eigenvalue weighted by molar-refractivity contribution is 7.98. The van der Waals surface area contributed by atoms with Crippen LogP contribution in [0.25, 0.3) is 0 Å². The van der Waals surface area contributed by atoms with Crippen LogP contribution < -0.4 is 4.74 Å². The van der Waals surface area contributed by atoms with E-state index in [9.17, 15) is 4.79 Å². The van der Waals surface area contributed by atoms with Gasteiger partial charge in [-0.1, -0.05) is 12.1 Å². The SMILES string of the molecule is CSc1ccccc1O[C@H]1CCOC1=O. The molecule has 0 aromatic heterocycles. The lowest BCUT2D eigenvalue weighted by Gasteiger charge is -2.12. The fraction of sp³-hybridized carbons (Fsp3) is 0.364. The molecule has 1 saturated heterocycles. The molecule has 0 amide bonds. The second kappa shape index (κ2) is 4.57. The summed E-state index contributed by atoms with van der Waals surface area (Å²) in [4.78, 5) is 12.3. The molecule has 1 aliphatic heterocycles. The normalized spacial score (nSPS) is 20.1. The molecule has 1 heterocycles. The van der Waals surface area contributed by atoms with Crippen molar-refractivity contribution in [3.8, 4) is 5.75 Å². The maximum absolute atomic E-state index is 11.2. The highest BCUT2D eigenvalue weighted by Gasteiger charge is 2.28. The Morgan fingerprint density at radius 2 is 2.27 bits per heavy atom. The van der Waals surface area contributed by atoms with Gasteiger partial charge in [-0.2, -0.15) is 0 Å². The van der Waals surface area contributed by atoms with Crippen LogP contribution in [0.2, 0.25) is 0 Å². The summed E-state index contributed by atoms with van der Waals surface area (Å²) in [5.41, 5.74) is 0. The molecule has 2 rings (SSSR count). The van der Waals surface area contributed by atoms with Crippen LogP contribution >= 0.6 is 11.8 Å². The van der Waals surface area contributed by atoms with Crippen molar-refractivity contribution in [2.75, 3.05) is 12.9 Å². The van der Waals surface area contributed by atoms with Gasteiger partial charge < -0.3 is 9.47 Å². The molecule has 3 nitrogen and oxygen atoms in total. The van der Waals surface area contributed by atoms with Crippen LogP contribution in [0, 0.1) is 0 Å². The van der Waals surface area contributed by atoms with E-state index in [1.807, 2.05) is 30.5 Å². The van der Waals surface area contributed by atoms with Gasteiger partial charge in [-0.3, -0.25) is 0 Å². The molecule has 1 atom stereocenters. The monoisotopic (exact) mass is 224 g/mol. The van der Waals surface area contributed by atoms with Crippen LogP contribution in [0.4, 0.5) is 0 Å². The van der Waals surface area contributed by atoms with Gasteiger partial charge in [0, 0.05) is 11.3 Å². The van der Waals surface area contributed by atoms with Crippen LogP contribution in [-0.2, 0) is 9.53 Å². The molecule has 0 saturated carbocycles. The number of thioether (sulfide) groups is 1. The lowest BCUT2D eigenvalue weighted by molar-refractivity contribution is -0.143. The maximum Gasteiger partial charge on any atom is 0.347 e. The molecule has 1 fully saturated rings. The average molecular weight is 224 g/mol. The number of carbonyl (C=O) groups excluding carboxylic acids is 1. The van der Waals surface area contributed by atoms with E-state index in [-0.39, 0.29) is 5.97 Å². The number of cyclic esters (lactones) is 1. The number of ether oxygens (including phenoxy) is 2. The fourth-order valence-corrected chi connectivity index (χ4v) is 1.99. The minimum absolute atomic E-state index is 0.258. The summed E-state index contributed by atoms with van der Waals surface area (Å²) in [6.07, 6.45) is 2.19. The van der Waals surface area contributed by atoms with Gasteiger partial charge in [0.25, 0.3) is 0 Å². The Bertz CT molecular complexity index is 365. The quantitative estimate of drug-likeness (QED) is 0.582. The second-order valence-corrected chi connectivity index (χ2v) is 4.06. The molecule has 0 aliphatic carbocycles. The van der Waals surface area contributed by atoms with E-state index >= 15 is 0 Å². The third-order valence-corrected chi connectivity index (χ3v) is 3.00. The van der Waals surface area contributed by atoms with Gasteiger partial charge in [-0.05, 0) is 18.4 Å². The van der Waals surface area contributed by atoms with Gasteiger partial charge >= 0.3 is 5.97 Å². The molecule has 0 unspecified atom stereocenters. The van der Waals surface area contributed by atoms with Crippen molar-refractivity contribution in [3.63, 3.8) is 0 Å². The highest BCUT2D eigenvalue weighted by atomic mass is 32.2. The topological polar surface area (TPSA) is 35.5 Å². The van der Waals surface area contributed by atoms with Gasteiger partial charge in [0.05, 0.1) is 6.61 Å². The third-order valence-electron chi connectivity index (χ3n) is 2.23. The van der Waals surface area contributed by atoms with Gasteiger partial charge in [0.15, 0.2) is 6.10 Å². The zero-order chi connectivity index (χ0) is 10.7. The summed E-state index contributed by atoms with van der Waals surface area (Å²) in [6.45, 7) is 0.463. The van der Waals surface area contributed by atoms with Crippen molar-refractivity contribution in [3.05, 3.63) is 24.3 Å². The Hall–Kier alpha value is -1.16. The summed E-state index contributed by atoms with van der Waals surface area (Å²) >= 11 is 1.60. The van der Waals surface area contributed by atoms with E-state index in [0.29, 0.717) is 13.0 Å². The predicted octanol–water partition coefficient (Wildman–Crippen LogP) is 2.10. The fourth-order valence-electron chi connectivity index (χ4n) is 1.45. The summed E-state index contributed by atoms with van der Waals surface area (Å²) in [6, 6.07) is 7.69. The molecular weight excluding hydrogens is 212 g/mol. The number of carbonyl (C=O) groups is 1. The average Bonchev–Trinajstić information content (AvgIpc) is 2.65. The molecular formula is C11H12O3S. The van der Waals surface area contributed by atoms with E-state index in [2.05, 4.69) is 0 Å². The number of rotatable bonds is 3. The first-order valence-corrected chi connectivity index (χ1v) is 6.00. The second-order valence-electron chi connectivity index (χ2n) is 3.21. The van der Waals surface area contributed by atoms with E-state index in [4.69, 9.17) is 9.47 Å². The summed E-state index contributed by atoms with van der Waals surface area (Å²) in [5, 5.41) is 0. The van der Waals surface area contributed by atoms with Gasteiger partial charge in [0.2, 0.25) is 0 Å². The molecule has 0 N–H and O–H groups in total. The van der Waals surface area contributed by atoms with Gasteiger partial charge in [0.1, 0.15) is 5.75 Å².